The number of amides is 2. The Hall–Kier alpha value is -2.97. The standard InChI is InChI=1S/C24H30N4O4/c1-16-6-8-18(9-7-16)23(29)27-26-19-4-3-5-20-21(19)17(2)22(32-20)24(30)25-10-11-28-12-14-31-15-13-28/h6-9H,3-5,10-15H2,1-2H3,(H,25,30)(H,27,29)/b26-19+. The summed E-state index contributed by atoms with van der Waals surface area (Å²) in [6, 6.07) is 7.34. The van der Waals surface area contributed by atoms with E-state index in [0.717, 1.165) is 80.3 Å². The summed E-state index contributed by atoms with van der Waals surface area (Å²) in [6.45, 7) is 8.44. The number of aryl methyl sites for hydroxylation is 2. The van der Waals surface area contributed by atoms with Crippen molar-refractivity contribution in [2.24, 2.45) is 5.10 Å². The first-order valence-corrected chi connectivity index (χ1v) is 11.2. The van der Waals surface area contributed by atoms with Gasteiger partial charge in [0.25, 0.3) is 11.8 Å². The van der Waals surface area contributed by atoms with Crippen molar-refractivity contribution >= 4 is 17.5 Å². The van der Waals surface area contributed by atoms with Gasteiger partial charge in [-0.3, -0.25) is 14.5 Å². The zero-order valence-electron chi connectivity index (χ0n) is 18.7. The van der Waals surface area contributed by atoms with E-state index in [4.69, 9.17) is 9.15 Å². The Kier molecular flexibility index (Phi) is 7.02. The molecule has 0 spiro atoms. The van der Waals surface area contributed by atoms with Crippen LogP contribution in [0.15, 0.2) is 33.8 Å². The normalized spacial score (nSPS) is 17.8. The fraction of sp³-hybridized carbons (Fsp3) is 0.458. The van der Waals surface area contributed by atoms with E-state index in [-0.39, 0.29) is 11.8 Å². The molecular formula is C24H30N4O4. The maximum absolute atomic E-state index is 12.8. The first-order valence-electron chi connectivity index (χ1n) is 11.2. The summed E-state index contributed by atoms with van der Waals surface area (Å²) in [5.74, 6) is 0.618. The smallest absolute Gasteiger partial charge is 0.287 e. The van der Waals surface area contributed by atoms with Crippen LogP contribution in [0.2, 0.25) is 0 Å². The SMILES string of the molecule is Cc1ccc(C(=O)N/N=C2\CCCc3oc(C(=O)NCCN4CCOCC4)c(C)c32)cc1. The second-order valence-corrected chi connectivity index (χ2v) is 8.28. The highest BCUT2D eigenvalue weighted by Crippen LogP contribution is 2.29. The molecular weight excluding hydrogens is 408 g/mol. The molecule has 32 heavy (non-hydrogen) atoms. The molecule has 1 aliphatic heterocycles. The van der Waals surface area contributed by atoms with Gasteiger partial charge in [0.15, 0.2) is 5.76 Å². The van der Waals surface area contributed by atoms with Gasteiger partial charge in [-0.2, -0.15) is 5.10 Å². The third-order valence-corrected chi connectivity index (χ3v) is 5.96. The Morgan fingerprint density at radius 1 is 1.06 bits per heavy atom. The average molecular weight is 439 g/mol. The molecule has 2 aliphatic rings. The molecule has 0 unspecified atom stereocenters. The zero-order valence-corrected chi connectivity index (χ0v) is 18.7. The minimum absolute atomic E-state index is 0.215. The van der Waals surface area contributed by atoms with Crippen LogP contribution in [0, 0.1) is 13.8 Å². The van der Waals surface area contributed by atoms with Crippen LogP contribution < -0.4 is 10.7 Å². The van der Waals surface area contributed by atoms with Gasteiger partial charge in [-0.1, -0.05) is 17.7 Å². The third kappa shape index (κ3) is 5.08. The second kappa shape index (κ2) is 10.1. The van der Waals surface area contributed by atoms with E-state index in [2.05, 4.69) is 20.7 Å². The third-order valence-electron chi connectivity index (χ3n) is 5.96. The van der Waals surface area contributed by atoms with E-state index in [1.807, 2.05) is 26.0 Å². The molecule has 0 bridgehead atoms. The van der Waals surface area contributed by atoms with Gasteiger partial charge >= 0.3 is 0 Å². The highest BCUT2D eigenvalue weighted by Gasteiger charge is 2.28. The number of morpholine rings is 1. The van der Waals surface area contributed by atoms with Crippen LogP contribution in [-0.4, -0.2) is 61.8 Å². The monoisotopic (exact) mass is 438 g/mol. The summed E-state index contributed by atoms with van der Waals surface area (Å²) in [6.07, 6.45) is 2.33. The number of ether oxygens (including phenoxy) is 1. The van der Waals surface area contributed by atoms with E-state index < -0.39 is 0 Å². The molecule has 2 N–H and O–H groups in total. The number of carbonyl (C=O) groups is 2. The van der Waals surface area contributed by atoms with Crippen LogP contribution in [0.5, 0.6) is 0 Å². The highest BCUT2D eigenvalue weighted by atomic mass is 16.5. The van der Waals surface area contributed by atoms with Crippen LogP contribution in [0.25, 0.3) is 0 Å². The average Bonchev–Trinajstić information content (AvgIpc) is 3.16. The van der Waals surface area contributed by atoms with Crippen LogP contribution in [0.4, 0.5) is 0 Å². The summed E-state index contributed by atoms with van der Waals surface area (Å²) in [5, 5.41) is 7.35. The van der Waals surface area contributed by atoms with E-state index in [1.54, 1.807) is 12.1 Å². The summed E-state index contributed by atoms with van der Waals surface area (Å²) in [4.78, 5) is 27.5. The molecule has 170 valence electrons. The fourth-order valence-corrected chi connectivity index (χ4v) is 4.12. The lowest BCUT2D eigenvalue weighted by Crippen LogP contribution is -2.41. The fourth-order valence-electron chi connectivity index (χ4n) is 4.12. The van der Waals surface area contributed by atoms with Crippen molar-refractivity contribution in [2.45, 2.75) is 33.1 Å². The molecule has 1 aliphatic carbocycles. The number of nitrogens with zero attached hydrogens (tertiary/aromatic N) is 2. The molecule has 0 radical (unpaired) electrons. The number of hydrazone groups is 1. The Labute approximate surface area is 188 Å². The van der Waals surface area contributed by atoms with E-state index in [9.17, 15) is 9.59 Å². The molecule has 0 saturated carbocycles. The van der Waals surface area contributed by atoms with E-state index in [0.29, 0.717) is 17.9 Å². The van der Waals surface area contributed by atoms with Crippen molar-refractivity contribution < 1.29 is 18.7 Å². The van der Waals surface area contributed by atoms with Crippen molar-refractivity contribution in [3.63, 3.8) is 0 Å². The number of fused-ring (bicyclic) bond motifs is 1. The first-order chi connectivity index (χ1) is 15.5. The maximum atomic E-state index is 12.8. The van der Waals surface area contributed by atoms with Crippen molar-refractivity contribution in [3.8, 4) is 0 Å². The maximum Gasteiger partial charge on any atom is 0.287 e. The zero-order chi connectivity index (χ0) is 22.5. The van der Waals surface area contributed by atoms with Crippen molar-refractivity contribution in [3.05, 3.63) is 58.0 Å². The van der Waals surface area contributed by atoms with E-state index in [1.165, 1.54) is 0 Å². The molecule has 1 saturated heterocycles. The van der Waals surface area contributed by atoms with Gasteiger partial charge in [0.2, 0.25) is 0 Å². The number of furan rings is 1. The van der Waals surface area contributed by atoms with Gasteiger partial charge in [-0.25, -0.2) is 5.43 Å². The largest absolute Gasteiger partial charge is 0.455 e. The Bertz CT molecular complexity index is 1000. The van der Waals surface area contributed by atoms with Crippen LogP contribution in [0.1, 0.15) is 56.2 Å². The first kappa shape index (κ1) is 22.2. The van der Waals surface area contributed by atoms with Crippen molar-refractivity contribution in [1.29, 1.82) is 0 Å². The lowest BCUT2D eigenvalue weighted by Gasteiger charge is -2.26. The molecule has 2 amide bonds. The molecule has 1 aromatic carbocycles. The minimum Gasteiger partial charge on any atom is -0.455 e. The predicted octanol–water partition coefficient (Wildman–Crippen LogP) is 2.43. The summed E-state index contributed by atoms with van der Waals surface area (Å²) < 4.78 is 11.3. The molecule has 4 rings (SSSR count). The van der Waals surface area contributed by atoms with Gasteiger partial charge in [0.05, 0.1) is 18.9 Å². The van der Waals surface area contributed by atoms with Crippen LogP contribution in [-0.2, 0) is 11.2 Å². The highest BCUT2D eigenvalue weighted by molar-refractivity contribution is 6.07. The Morgan fingerprint density at radius 3 is 2.56 bits per heavy atom. The predicted molar refractivity (Wildman–Crippen MR) is 121 cm³/mol. The quantitative estimate of drug-likeness (QED) is 0.676. The van der Waals surface area contributed by atoms with Gasteiger partial charge in [0, 0.05) is 49.3 Å². The number of hydrogen-bond acceptors (Lipinski definition) is 6. The molecule has 2 aromatic rings. The topological polar surface area (TPSA) is 96.2 Å². The summed E-state index contributed by atoms with van der Waals surface area (Å²) in [5.41, 5.74) is 6.67. The Balaban J connectivity index is 1.42. The molecule has 1 aromatic heterocycles. The number of rotatable bonds is 6. The van der Waals surface area contributed by atoms with Gasteiger partial charge in [-0.15, -0.1) is 0 Å². The number of benzene rings is 1. The lowest BCUT2D eigenvalue weighted by molar-refractivity contribution is 0.0382. The van der Waals surface area contributed by atoms with Gasteiger partial charge < -0.3 is 14.5 Å². The minimum atomic E-state index is -0.258. The van der Waals surface area contributed by atoms with Crippen molar-refractivity contribution in [1.82, 2.24) is 15.6 Å². The summed E-state index contributed by atoms with van der Waals surface area (Å²) >= 11 is 0. The van der Waals surface area contributed by atoms with Crippen LogP contribution in [0.3, 0.4) is 0 Å². The van der Waals surface area contributed by atoms with Gasteiger partial charge in [-0.05, 0) is 38.8 Å². The van der Waals surface area contributed by atoms with Crippen LogP contribution >= 0.6 is 0 Å². The van der Waals surface area contributed by atoms with Gasteiger partial charge in [0.1, 0.15) is 5.76 Å². The summed E-state index contributed by atoms with van der Waals surface area (Å²) in [7, 11) is 0. The molecule has 8 nitrogen and oxygen atoms in total. The molecule has 8 heteroatoms. The Morgan fingerprint density at radius 2 is 1.81 bits per heavy atom. The van der Waals surface area contributed by atoms with Crippen molar-refractivity contribution in [2.75, 3.05) is 39.4 Å². The lowest BCUT2D eigenvalue weighted by atomic mass is 9.93. The van der Waals surface area contributed by atoms with E-state index >= 15 is 0 Å². The second-order valence-electron chi connectivity index (χ2n) is 8.28. The number of hydrogen-bond donors (Lipinski definition) is 2. The molecule has 1 fully saturated rings. The number of carbonyl (C=O) groups excluding carboxylic acids is 2. The molecule has 2 heterocycles. The number of nitrogens with one attached hydrogen (secondary N) is 2. The molecule has 0 atom stereocenters.